The molecular weight excluding hydrogens is 236 g/mol. The number of rotatable bonds is 9. The summed E-state index contributed by atoms with van der Waals surface area (Å²) in [5.41, 5.74) is 0. The quantitative estimate of drug-likeness (QED) is 0.697. The van der Waals surface area contributed by atoms with Crippen LogP contribution >= 0.6 is 0 Å². The Morgan fingerprint density at radius 1 is 1.21 bits per heavy atom. The summed E-state index contributed by atoms with van der Waals surface area (Å²) in [4.78, 5) is 2.62. The predicted molar refractivity (Wildman–Crippen MR) is 82.6 cm³/mol. The molecule has 0 bridgehead atoms. The van der Waals surface area contributed by atoms with Gasteiger partial charge in [0.2, 0.25) is 0 Å². The van der Waals surface area contributed by atoms with E-state index in [0.717, 1.165) is 19.1 Å². The first-order chi connectivity index (χ1) is 9.21. The zero-order valence-electron chi connectivity index (χ0n) is 13.5. The fourth-order valence-electron chi connectivity index (χ4n) is 2.83. The van der Waals surface area contributed by atoms with Gasteiger partial charge in [-0.2, -0.15) is 0 Å². The molecule has 1 heterocycles. The highest BCUT2D eigenvalue weighted by Crippen LogP contribution is 2.16. The number of hydrogen-bond acceptors (Lipinski definition) is 3. The van der Waals surface area contributed by atoms with E-state index in [1.807, 2.05) is 0 Å². The molecule has 0 aliphatic carbocycles. The minimum atomic E-state index is 0.506. The van der Waals surface area contributed by atoms with Crippen molar-refractivity contribution >= 4 is 0 Å². The minimum Gasteiger partial charge on any atom is -0.378 e. The van der Waals surface area contributed by atoms with Gasteiger partial charge >= 0.3 is 0 Å². The molecule has 0 aromatic carbocycles. The molecule has 2 atom stereocenters. The third kappa shape index (κ3) is 6.24. The second-order valence-electron chi connectivity index (χ2n) is 5.90. The van der Waals surface area contributed by atoms with E-state index in [0.29, 0.717) is 12.1 Å². The lowest BCUT2D eigenvalue weighted by Gasteiger charge is -2.36. The van der Waals surface area contributed by atoms with Crippen molar-refractivity contribution in [1.29, 1.82) is 0 Å². The van der Waals surface area contributed by atoms with Gasteiger partial charge in [0.05, 0.1) is 6.10 Å². The van der Waals surface area contributed by atoms with Gasteiger partial charge in [-0.05, 0) is 38.6 Å². The smallest absolute Gasteiger partial charge is 0.0599 e. The van der Waals surface area contributed by atoms with E-state index in [9.17, 15) is 0 Å². The van der Waals surface area contributed by atoms with Crippen LogP contribution in [-0.4, -0.2) is 49.8 Å². The van der Waals surface area contributed by atoms with Crippen LogP contribution < -0.4 is 5.32 Å². The van der Waals surface area contributed by atoms with Crippen LogP contribution in [0.3, 0.4) is 0 Å². The van der Waals surface area contributed by atoms with Gasteiger partial charge in [0, 0.05) is 32.3 Å². The van der Waals surface area contributed by atoms with Gasteiger partial charge in [0.25, 0.3) is 0 Å². The first kappa shape index (κ1) is 16.9. The molecule has 1 rings (SSSR count). The van der Waals surface area contributed by atoms with Gasteiger partial charge < -0.3 is 15.0 Å². The number of piperidine rings is 1. The summed E-state index contributed by atoms with van der Waals surface area (Å²) in [7, 11) is 0. The average Bonchev–Trinajstić information content (AvgIpc) is 2.44. The first-order valence-corrected chi connectivity index (χ1v) is 8.28. The highest BCUT2D eigenvalue weighted by molar-refractivity contribution is 4.80. The molecule has 0 aromatic rings. The van der Waals surface area contributed by atoms with Crippen LogP contribution in [0.15, 0.2) is 0 Å². The Labute approximate surface area is 120 Å². The number of hydrogen-bond donors (Lipinski definition) is 1. The number of likely N-dealkylation sites (tertiary alicyclic amines) is 1. The zero-order chi connectivity index (χ0) is 14.1. The van der Waals surface area contributed by atoms with E-state index in [4.69, 9.17) is 4.74 Å². The Balaban J connectivity index is 2.34. The second-order valence-corrected chi connectivity index (χ2v) is 5.90. The normalized spacial score (nSPS) is 21.5. The number of ether oxygens (including phenoxy) is 1. The summed E-state index contributed by atoms with van der Waals surface area (Å²) in [5.74, 6) is 0.760. The van der Waals surface area contributed by atoms with Gasteiger partial charge in [-0.15, -0.1) is 0 Å². The van der Waals surface area contributed by atoms with E-state index < -0.39 is 0 Å². The van der Waals surface area contributed by atoms with E-state index >= 15 is 0 Å². The molecule has 2 unspecified atom stereocenters. The van der Waals surface area contributed by atoms with Crippen molar-refractivity contribution < 1.29 is 4.74 Å². The van der Waals surface area contributed by atoms with Crippen molar-refractivity contribution in [3.63, 3.8) is 0 Å². The summed E-state index contributed by atoms with van der Waals surface area (Å²) >= 11 is 0. The Bertz CT molecular complexity index is 215. The van der Waals surface area contributed by atoms with Gasteiger partial charge in [-0.1, -0.05) is 27.2 Å². The molecule has 1 aliphatic rings. The van der Waals surface area contributed by atoms with E-state index in [1.165, 1.54) is 45.3 Å². The summed E-state index contributed by atoms with van der Waals surface area (Å²) in [6, 6.07) is 0.647. The molecule has 1 fully saturated rings. The molecule has 1 saturated heterocycles. The number of nitrogens with zero attached hydrogens (tertiary/aromatic N) is 1. The van der Waals surface area contributed by atoms with Crippen LogP contribution in [0, 0.1) is 5.92 Å². The molecule has 0 radical (unpaired) electrons. The molecule has 114 valence electrons. The largest absolute Gasteiger partial charge is 0.378 e. The van der Waals surface area contributed by atoms with E-state index in [1.54, 1.807) is 0 Å². The van der Waals surface area contributed by atoms with Crippen molar-refractivity contribution in [1.82, 2.24) is 10.2 Å². The molecular formula is C16H34N2O. The Morgan fingerprint density at radius 3 is 2.42 bits per heavy atom. The molecule has 1 N–H and O–H groups in total. The molecule has 1 aliphatic heterocycles. The molecule has 0 spiro atoms. The maximum atomic E-state index is 5.73. The van der Waals surface area contributed by atoms with Crippen molar-refractivity contribution in [2.45, 2.75) is 65.5 Å². The summed E-state index contributed by atoms with van der Waals surface area (Å²) in [6.45, 7) is 14.6. The van der Waals surface area contributed by atoms with Gasteiger partial charge in [0.15, 0.2) is 0 Å². The minimum absolute atomic E-state index is 0.506. The highest BCUT2D eigenvalue weighted by Gasteiger charge is 2.23. The van der Waals surface area contributed by atoms with Gasteiger partial charge in [-0.3, -0.25) is 0 Å². The lowest BCUT2D eigenvalue weighted by Crippen LogP contribution is -2.48. The van der Waals surface area contributed by atoms with Crippen LogP contribution in [0.25, 0.3) is 0 Å². The van der Waals surface area contributed by atoms with E-state index in [-0.39, 0.29) is 0 Å². The third-order valence-electron chi connectivity index (χ3n) is 4.38. The Kier molecular flexibility index (Phi) is 8.67. The van der Waals surface area contributed by atoms with Crippen LogP contribution in [0.1, 0.15) is 53.4 Å². The standard InChI is InChI=1S/C16H34N2O/c1-5-10-17-16(14(4)6-2)13-18-11-8-15(9-12-18)19-7-3/h14-17H,5-13H2,1-4H3. The first-order valence-electron chi connectivity index (χ1n) is 8.28. The Hall–Kier alpha value is -0.120. The third-order valence-corrected chi connectivity index (χ3v) is 4.38. The van der Waals surface area contributed by atoms with Crippen molar-refractivity contribution in [3.8, 4) is 0 Å². The topological polar surface area (TPSA) is 24.5 Å². The SMILES string of the molecule is CCCNC(CN1CCC(OCC)CC1)C(C)CC. The Morgan fingerprint density at radius 2 is 1.89 bits per heavy atom. The molecule has 3 heteroatoms. The zero-order valence-corrected chi connectivity index (χ0v) is 13.5. The van der Waals surface area contributed by atoms with Crippen LogP contribution in [-0.2, 0) is 4.74 Å². The van der Waals surface area contributed by atoms with Crippen molar-refractivity contribution in [2.75, 3.05) is 32.8 Å². The summed E-state index contributed by atoms with van der Waals surface area (Å²) in [6.07, 6.45) is 5.40. The second kappa shape index (κ2) is 9.73. The molecule has 0 amide bonds. The lowest BCUT2D eigenvalue weighted by atomic mass is 9.97. The maximum Gasteiger partial charge on any atom is 0.0599 e. The summed E-state index contributed by atoms with van der Waals surface area (Å²) < 4.78 is 5.73. The monoisotopic (exact) mass is 270 g/mol. The average molecular weight is 270 g/mol. The maximum absolute atomic E-state index is 5.73. The molecule has 3 nitrogen and oxygen atoms in total. The number of nitrogens with one attached hydrogen (secondary N) is 1. The van der Waals surface area contributed by atoms with Crippen molar-refractivity contribution in [2.24, 2.45) is 5.92 Å². The molecule has 0 aromatic heterocycles. The lowest BCUT2D eigenvalue weighted by molar-refractivity contribution is 0.0110. The van der Waals surface area contributed by atoms with Crippen molar-refractivity contribution in [3.05, 3.63) is 0 Å². The van der Waals surface area contributed by atoms with E-state index in [2.05, 4.69) is 37.9 Å². The van der Waals surface area contributed by atoms with Crippen LogP contribution in [0.2, 0.25) is 0 Å². The predicted octanol–water partition coefficient (Wildman–Crippen LogP) is 2.90. The van der Waals surface area contributed by atoms with Gasteiger partial charge in [0.1, 0.15) is 0 Å². The summed E-state index contributed by atoms with van der Waals surface area (Å²) in [5, 5.41) is 3.73. The fraction of sp³-hybridized carbons (Fsp3) is 1.00. The van der Waals surface area contributed by atoms with Gasteiger partial charge in [-0.25, -0.2) is 0 Å². The van der Waals surface area contributed by atoms with Crippen LogP contribution in [0.5, 0.6) is 0 Å². The molecule has 19 heavy (non-hydrogen) atoms. The highest BCUT2D eigenvalue weighted by atomic mass is 16.5. The van der Waals surface area contributed by atoms with Crippen LogP contribution in [0.4, 0.5) is 0 Å². The molecule has 0 saturated carbocycles. The fourth-order valence-corrected chi connectivity index (χ4v) is 2.83.